The molecule has 0 spiro atoms. The first-order valence-corrected chi connectivity index (χ1v) is 10.4. The summed E-state index contributed by atoms with van der Waals surface area (Å²) in [6.07, 6.45) is 0.726. The zero-order valence-corrected chi connectivity index (χ0v) is 18.5. The number of carbonyl (C=O) groups excluding carboxylic acids is 2. The fourth-order valence-electron chi connectivity index (χ4n) is 2.76. The van der Waals surface area contributed by atoms with Gasteiger partial charge in [-0.2, -0.15) is 0 Å². The van der Waals surface area contributed by atoms with Gasteiger partial charge in [0.2, 0.25) is 0 Å². The Labute approximate surface area is 188 Å². The van der Waals surface area contributed by atoms with Crippen molar-refractivity contribution in [2.45, 2.75) is 6.42 Å². The fraction of sp³-hybridized carbons (Fsp3) is 0.130. The first-order valence-electron chi connectivity index (χ1n) is 9.28. The van der Waals surface area contributed by atoms with E-state index in [1.54, 1.807) is 49.6 Å². The Morgan fingerprint density at radius 1 is 0.867 bits per heavy atom. The monoisotopic (exact) mass is 516 g/mol. The summed E-state index contributed by atoms with van der Waals surface area (Å²) in [7, 11) is 1.57. The smallest absolute Gasteiger partial charge is 0.273 e. The molecule has 0 aliphatic rings. The van der Waals surface area contributed by atoms with Crippen molar-refractivity contribution in [3.05, 3.63) is 93.1 Å². The minimum atomic E-state index is -0.457. The summed E-state index contributed by atoms with van der Waals surface area (Å²) < 4.78 is 11.8. The number of methoxy groups -OCH3 is 1. The number of carbonyl (C=O) groups is 2. The molecule has 7 heteroatoms. The van der Waals surface area contributed by atoms with Crippen molar-refractivity contribution in [3.8, 4) is 11.5 Å². The van der Waals surface area contributed by atoms with Crippen molar-refractivity contribution < 1.29 is 19.1 Å². The lowest BCUT2D eigenvalue weighted by atomic mass is 10.1. The molecule has 3 aromatic rings. The van der Waals surface area contributed by atoms with E-state index < -0.39 is 11.8 Å². The highest BCUT2D eigenvalue weighted by Gasteiger charge is 2.14. The summed E-state index contributed by atoms with van der Waals surface area (Å²) in [4.78, 5) is 24.9. The average Bonchev–Trinajstić information content (AvgIpc) is 2.78. The van der Waals surface area contributed by atoms with Gasteiger partial charge in [-0.1, -0.05) is 42.5 Å². The zero-order chi connectivity index (χ0) is 21.3. The van der Waals surface area contributed by atoms with Gasteiger partial charge in [-0.25, -0.2) is 0 Å². The molecule has 154 valence electrons. The van der Waals surface area contributed by atoms with Crippen LogP contribution < -0.4 is 20.3 Å². The summed E-state index contributed by atoms with van der Waals surface area (Å²) in [5, 5.41) is 0. The van der Waals surface area contributed by atoms with Crippen LogP contribution in [0.1, 0.15) is 26.3 Å². The van der Waals surface area contributed by atoms with Crippen molar-refractivity contribution in [1.82, 2.24) is 10.9 Å². The topological polar surface area (TPSA) is 76.7 Å². The normalized spacial score (nSPS) is 10.2. The van der Waals surface area contributed by atoms with Gasteiger partial charge in [0.05, 0.1) is 22.9 Å². The van der Waals surface area contributed by atoms with Gasteiger partial charge >= 0.3 is 0 Å². The third-order valence-corrected chi connectivity index (χ3v) is 5.17. The Bertz CT molecular complexity index is 1020. The molecular formula is C23H21IN2O4. The third-order valence-electron chi connectivity index (χ3n) is 4.33. The molecule has 0 unspecified atom stereocenters. The molecule has 2 N–H and O–H groups in total. The van der Waals surface area contributed by atoms with Gasteiger partial charge in [0, 0.05) is 12.0 Å². The van der Waals surface area contributed by atoms with E-state index in [0.29, 0.717) is 29.2 Å². The SMILES string of the molecule is COc1ccc(C(=O)NNC(=O)c2ccccc2OCCc2ccccc2)cc1I. The molecule has 0 heterocycles. The van der Waals surface area contributed by atoms with Gasteiger partial charge in [0.25, 0.3) is 11.8 Å². The van der Waals surface area contributed by atoms with E-state index >= 15 is 0 Å². The molecule has 2 amide bonds. The maximum atomic E-state index is 12.6. The Morgan fingerprint density at radius 3 is 2.30 bits per heavy atom. The second-order valence-corrected chi connectivity index (χ2v) is 7.50. The van der Waals surface area contributed by atoms with E-state index in [0.717, 1.165) is 15.6 Å². The minimum Gasteiger partial charge on any atom is -0.496 e. The number of hydrazine groups is 1. The molecule has 3 aromatic carbocycles. The molecular weight excluding hydrogens is 495 g/mol. The average molecular weight is 516 g/mol. The van der Waals surface area contributed by atoms with Crippen LogP contribution in [-0.4, -0.2) is 25.5 Å². The highest BCUT2D eigenvalue weighted by Crippen LogP contribution is 2.21. The molecule has 0 saturated heterocycles. The summed E-state index contributed by atoms with van der Waals surface area (Å²) >= 11 is 2.08. The van der Waals surface area contributed by atoms with Gasteiger partial charge in [0.1, 0.15) is 11.5 Å². The summed E-state index contributed by atoms with van der Waals surface area (Å²) in [5.41, 5.74) is 6.78. The number of rotatable bonds is 7. The number of hydrogen-bond acceptors (Lipinski definition) is 4. The van der Waals surface area contributed by atoms with E-state index in [1.165, 1.54) is 0 Å². The van der Waals surface area contributed by atoms with Crippen LogP contribution in [0.4, 0.5) is 0 Å². The van der Waals surface area contributed by atoms with Crippen LogP contribution in [0.2, 0.25) is 0 Å². The van der Waals surface area contributed by atoms with Crippen molar-refractivity contribution in [3.63, 3.8) is 0 Å². The number of hydrogen-bond donors (Lipinski definition) is 2. The summed E-state index contributed by atoms with van der Waals surface area (Å²) in [5.74, 6) is 0.255. The molecule has 0 fully saturated rings. The number of nitrogens with one attached hydrogen (secondary N) is 2. The van der Waals surface area contributed by atoms with E-state index in [9.17, 15) is 9.59 Å². The number of amides is 2. The van der Waals surface area contributed by atoms with E-state index in [4.69, 9.17) is 9.47 Å². The van der Waals surface area contributed by atoms with Gasteiger partial charge < -0.3 is 9.47 Å². The molecule has 0 atom stereocenters. The predicted octanol–water partition coefficient (Wildman–Crippen LogP) is 4.00. The molecule has 0 aliphatic carbocycles. The molecule has 6 nitrogen and oxygen atoms in total. The third kappa shape index (κ3) is 5.73. The fourth-order valence-corrected chi connectivity index (χ4v) is 3.50. The van der Waals surface area contributed by atoms with Crippen LogP contribution in [0.15, 0.2) is 72.8 Å². The van der Waals surface area contributed by atoms with Crippen LogP contribution in [0.3, 0.4) is 0 Å². The maximum Gasteiger partial charge on any atom is 0.273 e. The first kappa shape index (κ1) is 21.6. The van der Waals surface area contributed by atoms with Crippen molar-refractivity contribution >= 4 is 34.4 Å². The van der Waals surface area contributed by atoms with Crippen molar-refractivity contribution in [2.75, 3.05) is 13.7 Å². The van der Waals surface area contributed by atoms with Gasteiger partial charge in [0.15, 0.2) is 0 Å². The minimum absolute atomic E-state index is 0.343. The van der Waals surface area contributed by atoms with E-state index in [-0.39, 0.29) is 0 Å². The molecule has 0 bridgehead atoms. The number of benzene rings is 3. The van der Waals surface area contributed by atoms with Crippen LogP contribution in [0.25, 0.3) is 0 Å². The first-order chi connectivity index (χ1) is 14.6. The van der Waals surface area contributed by atoms with Crippen LogP contribution in [-0.2, 0) is 6.42 Å². The van der Waals surface area contributed by atoms with Crippen molar-refractivity contribution in [2.24, 2.45) is 0 Å². The Hall–Kier alpha value is -3.07. The molecule has 3 rings (SSSR count). The van der Waals surface area contributed by atoms with Crippen molar-refractivity contribution in [1.29, 1.82) is 0 Å². The molecule has 0 saturated carbocycles. The number of ether oxygens (including phenoxy) is 2. The van der Waals surface area contributed by atoms with E-state index in [2.05, 4.69) is 33.4 Å². The maximum absolute atomic E-state index is 12.6. The summed E-state index contributed by atoms with van der Waals surface area (Å²) in [6.45, 7) is 0.435. The standard InChI is InChI=1S/C23H21IN2O4/c1-29-21-12-11-17(15-19(21)24)22(27)25-26-23(28)18-9-5-6-10-20(18)30-14-13-16-7-3-2-4-8-16/h2-12,15H,13-14H2,1H3,(H,25,27)(H,26,28). The Morgan fingerprint density at radius 2 is 1.57 bits per heavy atom. The lowest BCUT2D eigenvalue weighted by Gasteiger charge is -2.13. The van der Waals surface area contributed by atoms with Gasteiger partial charge in [-0.15, -0.1) is 0 Å². The Balaban J connectivity index is 1.58. The Kier molecular flexibility index (Phi) is 7.67. The predicted molar refractivity (Wildman–Crippen MR) is 123 cm³/mol. The lowest BCUT2D eigenvalue weighted by Crippen LogP contribution is -2.41. The largest absolute Gasteiger partial charge is 0.496 e. The molecule has 30 heavy (non-hydrogen) atoms. The molecule has 0 radical (unpaired) electrons. The zero-order valence-electron chi connectivity index (χ0n) is 16.4. The highest BCUT2D eigenvalue weighted by molar-refractivity contribution is 14.1. The van der Waals surface area contributed by atoms with Gasteiger partial charge in [-0.05, 0) is 58.5 Å². The van der Waals surface area contributed by atoms with E-state index in [1.807, 2.05) is 30.3 Å². The lowest BCUT2D eigenvalue weighted by molar-refractivity contribution is 0.0844. The second kappa shape index (κ2) is 10.6. The van der Waals surface area contributed by atoms with Crippen LogP contribution >= 0.6 is 22.6 Å². The van der Waals surface area contributed by atoms with Gasteiger partial charge in [-0.3, -0.25) is 20.4 Å². The highest BCUT2D eigenvalue weighted by atomic mass is 127. The second-order valence-electron chi connectivity index (χ2n) is 6.34. The van der Waals surface area contributed by atoms with Crippen LogP contribution in [0.5, 0.6) is 11.5 Å². The summed E-state index contributed by atoms with van der Waals surface area (Å²) in [6, 6.07) is 21.9. The molecule has 0 aromatic heterocycles. The quantitative estimate of drug-likeness (QED) is 0.368. The van der Waals surface area contributed by atoms with Crippen LogP contribution in [0, 0.1) is 3.57 Å². The molecule has 0 aliphatic heterocycles. The number of halogens is 1. The number of para-hydroxylation sites is 1.